The maximum atomic E-state index is 2.26. The molecule has 1 heteroatoms. The number of allylic oxidation sites excluding steroid dienone is 1. The Bertz CT molecular complexity index is 30.6. The predicted octanol–water partition coefficient (Wildman–Crippen LogP) is 1.27. The molecule has 0 nitrogen and oxygen atoms in total. The highest BCUT2D eigenvalue weighted by Crippen LogP contribution is 1.60. The van der Waals surface area contributed by atoms with E-state index in [1.807, 2.05) is 0 Å². The van der Waals surface area contributed by atoms with Crippen molar-refractivity contribution in [2.45, 2.75) is 12.0 Å². The van der Waals surface area contributed by atoms with Crippen molar-refractivity contribution in [2.75, 3.05) is 0 Å². The number of hydrogen-bond acceptors (Lipinski definition) is 0. The van der Waals surface area contributed by atoms with Crippen LogP contribution >= 0.6 is 0 Å². The lowest BCUT2D eigenvalue weighted by molar-refractivity contribution is 1.78. The lowest BCUT2D eigenvalue weighted by Gasteiger charge is -1.59. The summed E-state index contributed by atoms with van der Waals surface area (Å²) < 4.78 is 2.26. The van der Waals surface area contributed by atoms with Gasteiger partial charge in [0.1, 0.15) is 0 Å². The summed E-state index contributed by atoms with van der Waals surface area (Å²) in [4.78, 5) is 0. The van der Waals surface area contributed by atoms with Crippen LogP contribution in [0.4, 0.5) is 0 Å². The van der Waals surface area contributed by atoms with E-state index in [1.165, 1.54) is 0 Å². The van der Waals surface area contributed by atoms with Crippen LogP contribution < -0.4 is 0 Å². The zero-order valence-electron chi connectivity index (χ0n) is 3.86. The highest BCUT2D eigenvalue weighted by Gasteiger charge is 1.65. The van der Waals surface area contributed by atoms with Gasteiger partial charge in [0, 0.05) is 0 Å². The number of hydrogen-bond donors (Lipinski definition) is 0. The minimum Gasteiger partial charge on any atom is -0.212 e. The van der Waals surface area contributed by atoms with Crippen molar-refractivity contribution in [1.29, 1.82) is 0 Å². The standard InChI is InChI=1S/C3H5.CH3.Mg/c1-3-2;;/h1,3H,2H3;1H3;. The molecule has 0 bridgehead atoms. The third-order valence-corrected chi connectivity index (χ3v) is 1.41. The van der Waals surface area contributed by atoms with Crippen molar-refractivity contribution >= 4 is 20.4 Å². The fraction of sp³-hybridized carbons (Fsp3) is 0.500. The maximum absolute atomic E-state index is 2.26. The van der Waals surface area contributed by atoms with Crippen LogP contribution in [0.3, 0.4) is 0 Å². The van der Waals surface area contributed by atoms with Gasteiger partial charge in [0.15, 0.2) is 0 Å². The van der Waals surface area contributed by atoms with Crippen LogP contribution in [-0.4, -0.2) is 20.4 Å². The summed E-state index contributed by atoms with van der Waals surface area (Å²) in [6.07, 6.45) is 2.12. The first-order valence-corrected chi connectivity index (χ1v) is 4.26. The molecule has 0 heterocycles. The molecule has 0 N–H and O–H groups in total. The Labute approximate surface area is 43.0 Å². The van der Waals surface area contributed by atoms with Crippen LogP contribution in [0.1, 0.15) is 6.92 Å². The van der Waals surface area contributed by atoms with Crippen LogP contribution in [-0.2, 0) is 0 Å². The van der Waals surface area contributed by atoms with E-state index in [-0.39, 0.29) is 20.4 Å². The summed E-state index contributed by atoms with van der Waals surface area (Å²) >= 11 is 0.233. The van der Waals surface area contributed by atoms with E-state index in [4.69, 9.17) is 0 Å². The zero-order valence-corrected chi connectivity index (χ0v) is 5.28. The average Bonchev–Trinajstić information content (AvgIpc) is 1.41. The fourth-order valence-corrected chi connectivity index (χ4v) is 0.707. The maximum Gasteiger partial charge on any atom is 0.392 e. The molecular weight excluding hydrogens is 72.3 g/mol. The molecule has 0 atom stereocenters. The van der Waals surface area contributed by atoms with Gasteiger partial charge < -0.3 is 0 Å². The lowest BCUT2D eigenvalue weighted by atomic mass is 10.8. The minimum absolute atomic E-state index is 0.233. The number of rotatable bonds is 1. The second-order valence-electron chi connectivity index (χ2n) is 0.977. The molecule has 0 saturated heterocycles. The van der Waals surface area contributed by atoms with E-state index in [0.717, 1.165) is 0 Å². The summed E-state index contributed by atoms with van der Waals surface area (Å²) in [5, 5.41) is 2.26. The molecule has 0 aromatic carbocycles. The van der Waals surface area contributed by atoms with E-state index in [2.05, 4.69) is 22.3 Å². The zero-order chi connectivity index (χ0) is 4.12. The lowest BCUT2D eigenvalue weighted by Crippen LogP contribution is -1.64. The molecule has 5 heavy (non-hydrogen) atoms. The Morgan fingerprint density at radius 3 is 2.20 bits per heavy atom. The SMILES string of the molecule is CC=[CH][Mg][CH3]. The smallest absolute Gasteiger partial charge is 0.212 e. The second-order valence-corrected chi connectivity index (χ2v) is 2.27. The highest BCUT2D eigenvalue weighted by molar-refractivity contribution is 6.40. The van der Waals surface area contributed by atoms with Crippen molar-refractivity contribution in [3.8, 4) is 0 Å². The van der Waals surface area contributed by atoms with E-state index in [0.29, 0.717) is 0 Å². The molecule has 26 valence electrons. The minimum atomic E-state index is 0.233. The van der Waals surface area contributed by atoms with Crippen LogP contribution in [0.15, 0.2) is 10.3 Å². The summed E-state index contributed by atoms with van der Waals surface area (Å²) in [7, 11) is 0. The van der Waals surface area contributed by atoms with Crippen LogP contribution in [0.5, 0.6) is 0 Å². The Balaban J connectivity index is 2.62. The normalized spacial score (nSPS) is 8.40. The van der Waals surface area contributed by atoms with Crippen molar-refractivity contribution < 1.29 is 0 Å². The molecule has 0 aliphatic carbocycles. The van der Waals surface area contributed by atoms with Crippen molar-refractivity contribution in [2.24, 2.45) is 0 Å². The monoisotopic (exact) mass is 80.0 g/mol. The van der Waals surface area contributed by atoms with Gasteiger partial charge in [-0.2, -0.15) is 5.05 Å². The Hall–Kier alpha value is 0.506. The van der Waals surface area contributed by atoms with Gasteiger partial charge in [0.25, 0.3) is 0 Å². The van der Waals surface area contributed by atoms with E-state index in [9.17, 15) is 0 Å². The quantitative estimate of drug-likeness (QED) is 0.416. The summed E-state index contributed by atoms with van der Waals surface area (Å²) in [6.45, 7) is 2.07. The largest absolute Gasteiger partial charge is 0.392 e. The van der Waals surface area contributed by atoms with Crippen LogP contribution in [0, 0.1) is 0 Å². The van der Waals surface area contributed by atoms with Gasteiger partial charge in [-0.15, -0.1) is 6.08 Å². The molecule has 0 radical (unpaired) electrons. The fourth-order valence-electron chi connectivity index (χ4n) is 0.236. The Morgan fingerprint density at radius 2 is 2.20 bits per heavy atom. The average molecular weight is 80.4 g/mol. The molecule has 0 amide bonds. The molecule has 0 unspecified atom stereocenters. The summed E-state index contributed by atoms with van der Waals surface area (Å²) in [6, 6.07) is 0. The van der Waals surface area contributed by atoms with Gasteiger partial charge >= 0.3 is 20.4 Å². The Kier molecular flexibility index (Phi) is 4.96. The first-order chi connectivity index (χ1) is 2.41. The molecule has 0 aromatic rings. The van der Waals surface area contributed by atoms with Crippen molar-refractivity contribution in [3.05, 3.63) is 10.3 Å². The first kappa shape index (κ1) is 5.51. The van der Waals surface area contributed by atoms with Gasteiger partial charge in [-0.1, -0.05) is 0 Å². The second kappa shape index (κ2) is 4.51. The van der Waals surface area contributed by atoms with Gasteiger partial charge in [-0.3, -0.25) is 0 Å². The first-order valence-electron chi connectivity index (χ1n) is 2.03. The molecule has 0 aromatic heterocycles. The van der Waals surface area contributed by atoms with Gasteiger partial charge in [-0.25, -0.2) is 4.21 Å². The van der Waals surface area contributed by atoms with Crippen molar-refractivity contribution in [1.82, 2.24) is 0 Å². The van der Waals surface area contributed by atoms with Crippen LogP contribution in [0.2, 0.25) is 5.05 Å². The summed E-state index contributed by atoms with van der Waals surface area (Å²) in [5.74, 6) is 0. The molecule has 0 rings (SSSR count). The molecule has 0 fully saturated rings. The molecule has 0 aliphatic rings. The van der Waals surface area contributed by atoms with Crippen molar-refractivity contribution in [3.63, 3.8) is 0 Å². The predicted molar refractivity (Wildman–Crippen MR) is 26.4 cm³/mol. The Morgan fingerprint density at radius 1 is 1.60 bits per heavy atom. The molecular formula is C4H8Mg. The topological polar surface area (TPSA) is 0 Å². The van der Waals surface area contributed by atoms with Gasteiger partial charge in [0.05, 0.1) is 0 Å². The van der Waals surface area contributed by atoms with E-state index < -0.39 is 0 Å². The highest BCUT2D eigenvalue weighted by atomic mass is 24.5. The van der Waals surface area contributed by atoms with Crippen LogP contribution in [0.25, 0.3) is 0 Å². The van der Waals surface area contributed by atoms with Gasteiger partial charge in [-0.05, 0) is 6.92 Å². The third-order valence-electron chi connectivity index (χ3n) is 0.471. The molecule has 0 saturated carbocycles. The van der Waals surface area contributed by atoms with E-state index in [1.54, 1.807) is 0 Å². The third kappa shape index (κ3) is 4.51. The molecule has 0 spiro atoms. The summed E-state index contributed by atoms with van der Waals surface area (Å²) in [5.41, 5.74) is 0. The van der Waals surface area contributed by atoms with E-state index >= 15 is 0 Å². The molecule has 0 aliphatic heterocycles. The van der Waals surface area contributed by atoms with Gasteiger partial charge in [0.2, 0.25) is 0 Å².